The predicted octanol–water partition coefficient (Wildman–Crippen LogP) is 0.492. The van der Waals surface area contributed by atoms with E-state index < -0.39 is 6.10 Å². The van der Waals surface area contributed by atoms with Crippen LogP contribution in [0.4, 0.5) is 17.1 Å². The molecular formula is C19H27N3O4. The lowest BCUT2D eigenvalue weighted by molar-refractivity contribution is 0.105. The first-order chi connectivity index (χ1) is 12.6. The fourth-order valence-corrected chi connectivity index (χ4v) is 2.71. The highest BCUT2D eigenvalue weighted by molar-refractivity contribution is 5.81. The molecule has 1 unspecified atom stereocenters. The van der Waals surface area contributed by atoms with Crippen LogP contribution in [0.25, 0.3) is 11.1 Å². The zero-order chi connectivity index (χ0) is 18.9. The van der Waals surface area contributed by atoms with E-state index in [4.69, 9.17) is 21.1 Å². The van der Waals surface area contributed by atoms with Crippen LogP contribution in [-0.2, 0) is 0 Å². The molecule has 7 heteroatoms. The summed E-state index contributed by atoms with van der Waals surface area (Å²) in [6.45, 7) is 0.842. The SMILES string of the molecule is Nc1ccc(NCC(O)CO)c(-c2ccc(N(CCO)CCO)cc2)c1. The first-order valence-corrected chi connectivity index (χ1v) is 8.58. The molecule has 0 aliphatic rings. The highest BCUT2D eigenvalue weighted by atomic mass is 16.3. The fourth-order valence-electron chi connectivity index (χ4n) is 2.71. The van der Waals surface area contributed by atoms with Crippen LogP contribution in [0.3, 0.4) is 0 Å². The quantitative estimate of drug-likeness (QED) is 0.341. The highest BCUT2D eigenvalue weighted by Gasteiger charge is 2.10. The summed E-state index contributed by atoms with van der Waals surface area (Å²) in [6.07, 6.45) is -0.840. The third-order valence-electron chi connectivity index (χ3n) is 4.07. The molecular weight excluding hydrogens is 334 g/mol. The molecule has 0 radical (unpaired) electrons. The lowest BCUT2D eigenvalue weighted by Gasteiger charge is -2.23. The van der Waals surface area contributed by atoms with Gasteiger partial charge in [0, 0.05) is 42.3 Å². The Morgan fingerprint density at radius 1 is 0.962 bits per heavy atom. The molecule has 0 aromatic heterocycles. The minimum absolute atomic E-state index is 0.0121. The number of anilines is 3. The maximum atomic E-state index is 9.55. The van der Waals surface area contributed by atoms with Gasteiger partial charge in [-0.3, -0.25) is 0 Å². The van der Waals surface area contributed by atoms with E-state index in [2.05, 4.69) is 5.32 Å². The largest absolute Gasteiger partial charge is 0.399 e. The molecule has 2 rings (SSSR count). The summed E-state index contributed by atoms with van der Waals surface area (Å²) >= 11 is 0. The zero-order valence-corrected chi connectivity index (χ0v) is 14.7. The molecule has 0 fully saturated rings. The summed E-state index contributed by atoms with van der Waals surface area (Å²) in [6, 6.07) is 13.2. The first kappa shape index (κ1) is 20.0. The Morgan fingerprint density at radius 3 is 2.19 bits per heavy atom. The number of hydrogen-bond acceptors (Lipinski definition) is 7. The standard InChI is InChI=1S/C19H27N3O4/c20-15-3-6-19(21-12-17(26)13-25)18(11-15)14-1-4-16(5-2-14)22(7-9-23)8-10-24/h1-6,11,17,21,23-26H,7-10,12-13,20H2. The van der Waals surface area contributed by atoms with E-state index >= 15 is 0 Å². The Bertz CT molecular complexity index is 673. The number of rotatable bonds is 10. The van der Waals surface area contributed by atoms with Gasteiger partial charge in [0.2, 0.25) is 0 Å². The molecule has 2 aromatic rings. The Hall–Kier alpha value is -2.32. The average Bonchev–Trinajstić information content (AvgIpc) is 2.66. The van der Waals surface area contributed by atoms with Crippen LogP contribution in [0, 0.1) is 0 Å². The topological polar surface area (TPSA) is 122 Å². The molecule has 2 aromatic carbocycles. The second-order valence-corrected chi connectivity index (χ2v) is 6.00. The van der Waals surface area contributed by atoms with Crippen LogP contribution < -0.4 is 16.0 Å². The molecule has 26 heavy (non-hydrogen) atoms. The summed E-state index contributed by atoms with van der Waals surface area (Å²) < 4.78 is 0. The van der Waals surface area contributed by atoms with Crippen molar-refractivity contribution < 1.29 is 20.4 Å². The Morgan fingerprint density at radius 2 is 1.62 bits per heavy atom. The van der Waals surface area contributed by atoms with E-state index in [0.29, 0.717) is 18.8 Å². The van der Waals surface area contributed by atoms with Crippen molar-refractivity contribution in [1.29, 1.82) is 0 Å². The van der Waals surface area contributed by atoms with Gasteiger partial charge in [0.1, 0.15) is 0 Å². The maximum Gasteiger partial charge on any atom is 0.0942 e. The first-order valence-electron chi connectivity index (χ1n) is 8.58. The number of aliphatic hydroxyl groups excluding tert-OH is 4. The molecule has 0 aliphatic carbocycles. The van der Waals surface area contributed by atoms with Gasteiger partial charge >= 0.3 is 0 Å². The zero-order valence-electron chi connectivity index (χ0n) is 14.7. The predicted molar refractivity (Wildman–Crippen MR) is 104 cm³/mol. The Balaban J connectivity index is 2.25. The summed E-state index contributed by atoms with van der Waals surface area (Å²) in [4.78, 5) is 1.90. The van der Waals surface area contributed by atoms with E-state index in [0.717, 1.165) is 22.5 Å². The van der Waals surface area contributed by atoms with Crippen LogP contribution in [-0.4, -0.2) is 66.0 Å². The van der Waals surface area contributed by atoms with Crippen molar-refractivity contribution in [2.45, 2.75) is 6.10 Å². The molecule has 142 valence electrons. The molecule has 0 spiro atoms. The maximum absolute atomic E-state index is 9.55. The van der Waals surface area contributed by atoms with Gasteiger partial charge in [-0.25, -0.2) is 0 Å². The number of nitrogens with two attached hydrogens (primary N) is 1. The highest BCUT2D eigenvalue weighted by Crippen LogP contribution is 2.31. The second kappa shape index (κ2) is 9.98. The molecule has 0 amide bonds. The Kier molecular flexibility index (Phi) is 7.68. The Labute approximate surface area is 153 Å². The molecule has 7 nitrogen and oxygen atoms in total. The van der Waals surface area contributed by atoms with Crippen LogP contribution in [0.1, 0.15) is 0 Å². The van der Waals surface area contributed by atoms with Gasteiger partial charge in [-0.2, -0.15) is 0 Å². The summed E-state index contributed by atoms with van der Waals surface area (Å²) in [5.74, 6) is 0. The lowest BCUT2D eigenvalue weighted by Crippen LogP contribution is -2.29. The number of hydrogen-bond donors (Lipinski definition) is 6. The number of benzene rings is 2. The molecule has 1 atom stereocenters. The average molecular weight is 361 g/mol. The molecule has 0 bridgehead atoms. The minimum Gasteiger partial charge on any atom is -0.399 e. The number of nitrogens with zero attached hydrogens (tertiary/aromatic N) is 1. The van der Waals surface area contributed by atoms with E-state index in [9.17, 15) is 5.11 Å². The van der Waals surface area contributed by atoms with Crippen molar-refractivity contribution in [3.05, 3.63) is 42.5 Å². The summed E-state index contributed by atoms with van der Waals surface area (Å²) in [5, 5.41) is 40.0. The third kappa shape index (κ3) is 5.34. The van der Waals surface area contributed by atoms with Gasteiger partial charge < -0.3 is 36.4 Å². The monoisotopic (exact) mass is 361 g/mol. The molecule has 0 heterocycles. The van der Waals surface area contributed by atoms with Crippen molar-refractivity contribution >= 4 is 17.1 Å². The van der Waals surface area contributed by atoms with Crippen molar-refractivity contribution in [3.63, 3.8) is 0 Å². The van der Waals surface area contributed by atoms with E-state index in [-0.39, 0.29) is 26.4 Å². The van der Waals surface area contributed by atoms with Gasteiger partial charge in [-0.05, 0) is 35.9 Å². The van der Waals surface area contributed by atoms with E-state index in [1.165, 1.54) is 0 Å². The normalized spacial score (nSPS) is 12.0. The van der Waals surface area contributed by atoms with Gasteiger partial charge in [-0.1, -0.05) is 12.1 Å². The van der Waals surface area contributed by atoms with Crippen molar-refractivity contribution in [2.24, 2.45) is 0 Å². The van der Waals surface area contributed by atoms with Crippen molar-refractivity contribution in [3.8, 4) is 11.1 Å². The van der Waals surface area contributed by atoms with Crippen LogP contribution >= 0.6 is 0 Å². The van der Waals surface area contributed by atoms with Gasteiger partial charge in [0.15, 0.2) is 0 Å². The van der Waals surface area contributed by atoms with Gasteiger partial charge in [0.05, 0.1) is 25.9 Å². The van der Waals surface area contributed by atoms with Gasteiger partial charge in [-0.15, -0.1) is 0 Å². The fraction of sp³-hybridized carbons (Fsp3) is 0.368. The smallest absolute Gasteiger partial charge is 0.0942 e. The lowest BCUT2D eigenvalue weighted by atomic mass is 10.0. The third-order valence-corrected chi connectivity index (χ3v) is 4.07. The van der Waals surface area contributed by atoms with Crippen LogP contribution in [0.5, 0.6) is 0 Å². The summed E-state index contributed by atoms with van der Waals surface area (Å²) in [7, 11) is 0. The molecule has 0 saturated carbocycles. The molecule has 0 aliphatic heterocycles. The number of nitrogens with one attached hydrogen (secondary N) is 1. The van der Waals surface area contributed by atoms with Crippen molar-refractivity contribution in [1.82, 2.24) is 0 Å². The molecule has 0 saturated heterocycles. The van der Waals surface area contributed by atoms with E-state index in [1.54, 1.807) is 6.07 Å². The minimum atomic E-state index is -0.840. The van der Waals surface area contributed by atoms with E-state index in [1.807, 2.05) is 41.3 Å². The van der Waals surface area contributed by atoms with Crippen LogP contribution in [0.2, 0.25) is 0 Å². The van der Waals surface area contributed by atoms with Crippen LogP contribution in [0.15, 0.2) is 42.5 Å². The number of aliphatic hydroxyl groups is 4. The number of nitrogen functional groups attached to an aromatic ring is 1. The van der Waals surface area contributed by atoms with Crippen molar-refractivity contribution in [2.75, 3.05) is 55.4 Å². The second-order valence-electron chi connectivity index (χ2n) is 6.00. The molecule has 7 N–H and O–H groups in total. The van der Waals surface area contributed by atoms with Gasteiger partial charge in [0.25, 0.3) is 0 Å². The summed E-state index contributed by atoms with van der Waals surface area (Å²) in [5.41, 5.74) is 10.1.